The quantitative estimate of drug-likeness (QED) is 0.459. The SMILES string of the molecule is COCCOC(=O)NCCCCCC(=O)ON1C(=O)CCC1=O. The van der Waals surface area contributed by atoms with E-state index < -0.39 is 23.9 Å². The Balaban J connectivity index is 2.00. The zero-order valence-electron chi connectivity index (χ0n) is 13.2. The minimum atomic E-state index is -0.611. The summed E-state index contributed by atoms with van der Waals surface area (Å²) in [5.41, 5.74) is 0. The van der Waals surface area contributed by atoms with Gasteiger partial charge < -0.3 is 19.6 Å². The van der Waals surface area contributed by atoms with Gasteiger partial charge in [0.1, 0.15) is 6.61 Å². The number of nitrogens with zero attached hydrogens (tertiary/aromatic N) is 1. The maximum absolute atomic E-state index is 11.5. The number of methoxy groups -OCH3 is 1. The highest BCUT2D eigenvalue weighted by Gasteiger charge is 2.32. The van der Waals surface area contributed by atoms with E-state index >= 15 is 0 Å². The largest absolute Gasteiger partial charge is 0.447 e. The van der Waals surface area contributed by atoms with Gasteiger partial charge in [0.05, 0.1) is 6.61 Å². The van der Waals surface area contributed by atoms with Gasteiger partial charge in [-0.15, -0.1) is 5.06 Å². The van der Waals surface area contributed by atoms with E-state index in [0.29, 0.717) is 37.5 Å². The van der Waals surface area contributed by atoms with Gasteiger partial charge in [-0.2, -0.15) is 0 Å². The standard InChI is InChI=1S/C14H22N2O7/c1-21-9-10-22-14(20)15-8-4-2-3-5-13(19)23-16-11(17)6-7-12(16)18/h2-10H2,1H3,(H,15,20). The number of alkyl carbamates (subject to hydrolysis) is 1. The molecule has 9 heteroatoms. The molecule has 0 atom stereocenters. The second kappa shape index (κ2) is 10.5. The van der Waals surface area contributed by atoms with Crippen LogP contribution in [-0.4, -0.2) is 55.8 Å². The van der Waals surface area contributed by atoms with Crippen molar-refractivity contribution in [1.82, 2.24) is 10.4 Å². The van der Waals surface area contributed by atoms with E-state index in [9.17, 15) is 19.2 Å². The lowest BCUT2D eigenvalue weighted by Crippen LogP contribution is -2.32. The first kappa shape index (κ1) is 18.9. The van der Waals surface area contributed by atoms with Gasteiger partial charge in [0.2, 0.25) is 0 Å². The molecular weight excluding hydrogens is 308 g/mol. The average Bonchev–Trinajstić information content (AvgIpc) is 2.83. The van der Waals surface area contributed by atoms with Crippen LogP contribution in [0, 0.1) is 0 Å². The van der Waals surface area contributed by atoms with E-state index in [0.717, 1.165) is 0 Å². The molecule has 0 saturated carbocycles. The molecule has 0 bridgehead atoms. The Hall–Kier alpha value is -2.16. The topological polar surface area (TPSA) is 111 Å². The van der Waals surface area contributed by atoms with Crippen LogP contribution in [0.1, 0.15) is 38.5 Å². The number of nitrogens with one attached hydrogen (secondary N) is 1. The van der Waals surface area contributed by atoms with Crippen LogP contribution in [0.5, 0.6) is 0 Å². The van der Waals surface area contributed by atoms with Crippen molar-refractivity contribution >= 4 is 23.9 Å². The van der Waals surface area contributed by atoms with E-state index in [1.54, 1.807) is 0 Å². The molecule has 0 spiro atoms. The van der Waals surface area contributed by atoms with Gasteiger partial charge in [0.15, 0.2) is 0 Å². The van der Waals surface area contributed by atoms with Gasteiger partial charge in [-0.25, -0.2) is 9.59 Å². The Kier molecular flexibility index (Phi) is 8.66. The Bertz CT molecular complexity index is 423. The predicted octanol–water partition coefficient (Wildman–Crippen LogP) is 0.527. The second-order valence-corrected chi connectivity index (χ2v) is 4.91. The molecule has 1 aliphatic heterocycles. The molecule has 0 aromatic heterocycles. The number of amides is 3. The minimum Gasteiger partial charge on any atom is -0.447 e. The highest BCUT2D eigenvalue weighted by atomic mass is 16.7. The zero-order valence-corrected chi connectivity index (χ0v) is 13.2. The molecule has 0 radical (unpaired) electrons. The Labute approximate surface area is 134 Å². The van der Waals surface area contributed by atoms with Crippen molar-refractivity contribution in [2.24, 2.45) is 0 Å². The lowest BCUT2D eigenvalue weighted by Gasteiger charge is -2.12. The third kappa shape index (κ3) is 7.59. The molecular formula is C14H22N2O7. The van der Waals surface area contributed by atoms with Gasteiger partial charge in [-0.3, -0.25) is 9.59 Å². The number of hydrogen-bond acceptors (Lipinski definition) is 7. The van der Waals surface area contributed by atoms with E-state index in [2.05, 4.69) is 5.32 Å². The summed E-state index contributed by atoms with van der Waals surface area (Å²) in [6.45, 7) is 0.976. The molecule has 130 valence electrons. The monoisotopic (exact) mass is 330 g/mol. The fraction of sp³-hybridized carbons (Fsp3) is 0.714. The molecule has 3 amide bonds. The molecule has 23 heavy (non-hydrogen) atoms. The van der Waals surface area contributed by atoms with Crippen LogP contribution in [0.15, 0.2) is 0 Å². The Morgan fingerprint density at radius 2 is 1.78 bits per heavy atom. The van der Waals surface area contributed by atoms with Gasteiger partial charge in [0, 0.05) is 32.9 Å². The van der Waals surface area contributed by atoms with Gasteiger partial charge >= 0.3 is 12.1 Å². The summed E-state index contributed by atoms with van der Waals surface area (Å²) in [7, 11) is 1.52. The predicted molar refractivity (Wildman–Crippen MR) is 76.9 cm³/mol. The summed E-state index contributed by atoms with van der Waals surface area (Å²) in [6, 6.07) is 0. The fourth-order valence-corrected chi connectivity index (χ4v) is 1.84. The summed E-state index contributed by atoms with van der Waals surface area (Å²) in [5, 5.41) is 3.11. The fourth-order valence-electron chi connectivity index (χ4n) is 1.84. The van der Waals surface area contributed by atoms with Crippen LogP contribution >= 0.6 is 0 Å². The van der Waals surface area contributed by atoms with Crippen molar-refractivity contribution in [2.75, 3.05) is 26.9 Å². The van der Waals surface area contributed by atoms with Crippen LogP contribution in [0.2, 0.25) is 0 Å². The van der Waals surface area contributed by atoms with Crippen molar-refractivity contribution < 1.29 is 33.5 Å². The number of unbranched alkanes of at least 4 members (excludes halogenated alkanes) is 2. The highest BCUT2D eigenvalue weighted by molar-refractivity contribution is 6.01. The molecule has 9 nitrogen and oxygen atoms in total. The zero-order chi connectivity index (χ0) is 17.1. The van der Waals surface area contributed by atoms with Crippen molar-refractivity contribution in [2.45, 2.75) is 38.5 Å². The molecule has 0 aliphatic carbocycles. The summed E-state index contributed by atoms with van der Waals surface area (Å²) < 4.78 is 9.54. The van der Waals surface area contributed by atoms with Crippen LogP contribution in [0.4, 0.5) is 4.79 Å². The minimum absolute atomic E-state index is 0.0816. The summed E-state index contributed by atoms with van der Waals surface area (Å²) in [5.74, 6) is -1.58. The molecule has 1 fully saturated rings. The summed E-state index contributed by atoms with van der Waals surface area (Å²) in [6.07, 6.45) is 1.66. The molecule has 1 N–H and O–H groups in total. The van der Waals surface area contributed by atoms with Crippen LogP contribution < -0.4 is 5.32 Å². The van der Waals surface area contributed by atoms with Gasteiger partial charge in [-0.1, -0.05) is 6.42 Å². The molecule has 0 aromatic rings. The number of imide groups is 1. The molecule has 1 aliphatic rings. The normalized spacial score (nSPS) is 14.0. The smallest absolute Gasteiger partial charge is 0.407 e. The van der Waals surface area contributed by atoms with Crippen LogP contribution in [0.25, 0.3) is 0 Å². The molecule has 1 heterocycles. The van der Waals surface area contributed by atoms with Crippen LogP contribution in [0.3, 0.4) is 0 Å². The van der Waals surface area contributed by atoms with Gasteiger partial charge in [-0.05, 0) is 12.8 Å². The van der Waals surface area contributed by atoms with E-state index in [4.69, 9.17) is 14.3 Å². The van der Waals surface area contributed by atoms with E-state index in [-0.39, 0.29) is 25.9 Å². The molecule has 1 saturated heterocycles. The van der Waals surface area contributed by atoms with Crippen LogP contribution in [-0.2, 0) is 28.7 Å². The first-order chi connectivity index (χ1) is 11.0. The second-order valence-electron chi connectivity index (χ2n) is 4.91. The first-order valence-electron chi connectivity index (χ1n) is 7.50. The molecule has 0 aromatic carbocycles. The number of hydrogen-bond donors (Lipinski definition) is 1. The number of ether oxygens (including phenoxy) is 2. The molecule has 0 unspecified atom stereocenters. The highest BCUT2D eigenvalue weighted by Crippen LogP contribution is 2.13. The number of carbonyl (C=O) groups excluding carboxylic acids is 4. The first-order valence-corrected chi connectivity index (χ1v) is 7.50. The third-order valence-electron chi connectivity index (χ3n) is 3.05. The summed E-state index contributed by atoms with van der Waals surface area (Å²) >= 11 is 0. The van der Waals surface area contributed by atoms with Gasteiger partial charge in [0.25, 0.3) is 11.8 Å². The Morgan fingerprint density at radius 1 is 1.09 bits per heavy atom. The van der Waals surface area contributed by atoms with Crippen molar-refractivity contribution in [3.63, 3.8) is 0 Å². The van der Waals surface area contributed by atoms with Crippen molar-refractivity contribution in [1.29, 1.82) is 0 Å². The average molecular weight is 330 g/mol. The maximum Gasteiger partial charge on any atom is 0.407 e. The lowest BCUT2D eigenvalue weighted by atomic mass is 10.2. The van der Waals surface area contributed by atoms with Crippen molar-refractivity contribution in [3.8, 4) is 0 Å². The Morgan fingerprint density at radius 3 is 2.43 bits per heavy atom. The third-order valence-corrected chi connectivity index (χ3v) is 3.05. The van der Waals surface area contributed by atoms with Crippen molar-refractivity contribution in [3.05, 3.63) is 0 Å². The number of carbonyl (C=O) groups is 4. The number of hydroxylamine groups is 2. The number of rotatable bonds is 10. The molecule has 1 rings (SSSR count). The maximum atomic E-state index is 11.5. The van der Waals surface area contributed by atoms with E-state index in [1.807, 2.05) is 0 Å². The summed E-state index contributed by atoms with van der Waals surface area (Å²) in [4.78, 5) is 49.9. The van der Waals surface area contributed by atoms with E-state index in [1.165, 1.54) is 7.11 Å². The lowest BCUT2D eigenvalue weighted by molar-refractivity contribution is -0.197.